The molecule has 0 aromatic carbocycles. The molecule has 106 valence electrons. The van der Waals surface area contributed by atoms with E-state index in [1.54, 1.807) is 6.20 Å². The zero-order valence-corrected chi connectivity index (χ0v) is 11.4. The van der Waals surface area contributed by atoms with Crippen LogP contribution in [0.5, 0.6) is 0 Å². The van der Waals surface area contributed by atoms with Gasteiger partial charge in [0.05, 0.1) is 0 Å². The molecule has 5 nitrogen and oxygen atoms in total. The highest BCUT2D eigenvalue weighted by molar-refractivity contribution is 5.93. The third kappa shape index (κ3) is 2.41. The lowest BCUT2D eigenvalue weighted by molar-refractivity contribution is 0.0557. The van der Waals surface area contributed by atoms with Crippen molar-refractivity contribution in [2.75, 3.05) is 13.2 Å². The molecule has 0 aliphatic heterocycles. The fraction of sp³-hybridized carbons (Fsp3) is 0.467. The number of hydrogen-bond acceptors (Lipinski definition) is 3. The molecule has 2 heterocycles. The van der Waals surface area contributed by atoms with Crippen LogP contribution >= 0.6 is 0 Å². The number of nitrogens with zero attached hydrogens (tertiary/aromatic N) is 3. The van der Waals surface area contributed by atoms with E-state index in [1.165, 1.54) is 6.42 Å². The van der Waals surface area contributed by atoms with E-state index in [2.05, 4.69) is 4.98 Å². The highest BCUT2D eigenvalue weighted by Gasteiger charge is 2.30. The summed E-state index contributed by atoms with van der Waals surface area (Å²) in [6.07, 6.45) is 7.59. The summed E-state index contributed by atoms with van der Waals surface area (Å²) in [7, 11) is 0. The molecule has 20 heavy (non-hydrogen) atoms. The van der Waals surface area contributed by atoms with Gasteiger partial charge < -0.3 is 14.4 Å². The first-order valence-corrected chi connectivity index (χ1v) is 7.15. The molecule has 0 bridgehead atoms. The molecule has 1 N–H and O–H groups in total. The molecule has 3 rings (SSSR count). The normalized spacial score (nSPS) is 15.2. The molecule has 1 aliphatic rings. The van der Waals surface area contributed by atoms with Gasteiger partial charge in [0.15, 0.2) is 0 Å². The molecule has 1 fully saturated rings. The standard InChI is InChI=1S/C15H19N3O2/c19-10-4-9-18(12-5-3-6-12)15(20)13-11-17-8-2-1-7-14(17)16-13/h1-2,7-8,11-12,19H,3-6,9-10H2. The summed E-state index contributed by atoms with van der Waals surface area (Å²) >= 11 is 0. The lowest BCUT2D eigenvalue weighted by Crippen LogP contribution is -2.45. The van der Waals surface area contributed by atoms with Crippen molar-refractivity contribution in [2.45, 2.75) is 31.7 Å². The Bertz CT molecular complexity index is 571. The van der Waals surface area contributed by atoms with Crippen molar-refractivity contribution < 1.29 is 9.90 Å². The molecule has 0 spiro atoms. The molecule has 0 saturated heterocycles. The molecule has 0 radical (unpaired) electrons. The molecule has 1 amide bonds. The zero-order valence-electron chi connectivity index (χ0n) is 11.4. The number of carbonyl (C=O) groups is 1. The van der Waals surface area contributed by atoms with Crippen LogP contribution in [0.2, 0.25) is 0 Å². The minimum Gasteiger partial charge on any atom is -0.396 e. The van der Waals surface area contributed by atoms with Crippen molar-refractivity contribution in [3.8, 4) is 0 Å². The summed E-state index contributed by atoms with van der Waals surface area (Å²) in [6, 6.07) is 6.03. The second-order valence-electron chi connectivity index (χ2n) is 5.25. The van der Waals surface area contributed by atoms with E-state index in [1.807, 2.05) is 33.7 Å². The van der Waals surface area contributed by atoms with Gasteiger partial charge in [0.1, 0.15) is 11.3 Å². The topological polar surface area (TPSA) is 57.8 Å². The Balaban J connectivity index is 1.83. The number of fused-ring (bicyclic) bond motifs is 1. The van der Waals surface area contributed by atoms with Gasteiger partial charge >= 0.3 is 0 Å². The van der Waals surface area contributed by atoms with Crippen LogP contribution in [0, 0.1) is 0 Å². The van der Waals surface area contributed by atoms with Crippen LogP contribution in [0.15, 0.2) is 30.6 Å². The van der Waals surface area contributed by atoms with Crippen LogP contribution in [0.1, 0.15) is 36.2 Å². The maximum absolute atomic E-state index is 12.6. The third-order valence-corrected chi connectivity index (χ3v) is 3.92. The minimum atomic E-state index is -0.0214. The highest BCUT2D eigenvalue weighted by atomic mass is 16.3. The van der Waals surface area contributed by atoms with Crippen molar-refractivity contribution in [3.05, 3.63) is 36.3 Å². The summed E-state index contributed by atoms with van der Waals surface area (Å²) in [5.74, 6) is -0.0214. The van der Waals surface area contributed by atoms with Gasteiger partial charge in [0.25, 0.3) is 5.91 Å². The molecule has 2 aromatic heterocycles. The first kappa shape index (κ1) is 13.1. The van der Waals surface area contributed by atoms with E-state index in [9.17, 15) is 4.79 Å². The minimum absolute atomic E-state index is 0.0214. The van der Waals surface area contributed by atoms with Crippen molar-refractivity contribution in [1.82, 2.24) is 14.3 Å². The fourth-order valence-electron chi connectivity index (χ4n) is 2.57. The van der Waals surface area contributed by atoms with Gasteiger partial charge in [-0.05, 0) is 37.8 Å². The predicted molar refractivity (Wildman–Crippen MR) is 75.6 cm³/mol. The quantitative estimate of drug-likeness (QED) is 0.902. The van der Waals surface area contributed by atoms with Crippen LogP contribution < -0.4 is 0 Å². The van der Waals surface area contributed by atoms with Crippen LogP contribution in [0.4, 0.5) is 0 Å². The number of pyridine rings is 1. The number of aromatic nitrogens is 2. The predicted octanol–water partition coefficient (Wildman–Crippen LogP) is 1.71. The summed E-state index contributed by atoms with van der Waals surface area (Å²) in [4.78, 5) is 18.9. The molecule has 0 unspecified atom stereocenters. The molecule has 0 atom stereocenters. The van der Waals surface area contributed by atoms with Gasteiger partial charge in [0, 0.05) is 31.6 Å². The van der Waals surface area contributed by atoms with Gasteiger partial charge in [-0.15, -0.1) is 0 Å². The van der Waals surface area contributed by atoms with E-state index < -0.39 is 0 Å². The van der Waals surface area contributed by atoms with E-state index in [0.29, 0.717) is 24.7 Å². The van der Waals surface area contributed by atoms with E-state index in [0.717, 1.165) is 18.5 Å². The average Bonchev–Trinajstić information content (AvgIpc) is 2.84. The Morgan fingerprint density at radius 1 is 1.45 bits per heavy atom. The number of aliphatic hydroxyl groups is 1. The SMILES string of the molecule is O=C(c1cn2ccccc2n1)N(CCCO)C1CCC1. The molecule has 1 saturated carbocycles. The largest absolute Gasteiger partial charge is 0.396 e. The number of amides is 1. The number of rotatable bonds is 5. The first-order chi connectivity index (χ1) is 9.79. The van der Waals surface area contributed by atoms with Crippen molar-refractivity contribution >= 4 is 11.6 Å². The number of carbonyl (C=O) groups excluding carboxylic acids is 1. The highest BCUT2D eigenvalue weighted by Crippen LogP contribution is 2.26. The van der Waals surface area contributed by atoms with Gasteiger partial charge in [-0.3, -0.25) is 4.79 Å². The number of hydrogen-bond donors (Lipinski definition) is 1. The Kier molecular flexibility index (Phi) is 3.69. The molecule has 1 aliphatic carbocycles. The summed E-state index contributed by atoms with van der Waals surface area (Å²) in [6.45, 7) is 0.718. The Morgan fingerprint density at radius 2 is 2.30 bits per heavy atom. The summed E-state index contributed by atoms with van der Waals surface area (Å²) in [5, 5.41) is 9.00. The van der Waals surface area contributed by atoms with Gasteiger partial charge in [-0.1, -0.05) is 6.07 Å². The van der Waals surface area contributed by atoms with Crippen LogP contribution in [-0.2, 0) is 0 Å². The monoisotopic (exact) mass is 273 g/mol. The van der Waals surface area contributed by atoms with E-state index >= 15 is 0 Å². The second kappa shape index (κ2) is 5.63. The molecule has 5 heteroatoms. The van der Waals surface area contributed by atoms with Crippen LogP contribution in [0.25, 0.3) is 5.65 Å². The maximum atomic E-state index is 12.6. The lowest BCUT2D eigenvalue weighted by atomic mass is 9.91. The van der Waals surface area contributed by atoms with Gasteiger partial charge in [-0.2, -0.15) is 0 Å². The second-order valence-corrected chi connectivity index (χ2v) is 5.25. The van der Waals surface area contributed by atoms with E-state index in [-0.39, 0.29) is 12.5 Å². The average molecular weight is 273 g/mol. The fourth-order valence-corrected chi connectivity index (χ4v) is 2.57. The molecular formula is C15H19N3O2. The first-order valence-electron chi connectivity index (χ1n) is 7.15. The van der Waals surface area contributed by atoms with Crippen LogP contribution in [-0.4, -0.2) is 44.5 Å². The Labute approximate surface area is 117 Å². The Hall–Kier alpha value is -1.88. The van der Waals surface area contributed by atoms with Crippen LogP contribution in [0.3, 0.4) is 0 Å². The third-order valence-electron chi connectivity index (χ3n) is 3.92. The number of imidazole rings is 1. The molecule has 2 aromatic rings. The summed E-state index contributed by atoms with van der Waals surface area (Å²) in [5.41, 5.74) is 1.27. The van der Waals surface area contributed by atoms with Crippen molar-refractivity contribution in [1.29, 1.82) is 0 Å². The number of aliphatic hydroxyl groups excluding tert-OH is 1. The molecular weight excluding hydrogens is 254 g/mol. The Morgan fingerprint density at radius 3 is 2.95 bits per heavy atom. The lowest BCUT2D eigenvalue weighted by Gasteiger charge is -2.37. The van der Waals surface area contributed by atoms with Crippen molar-refractivity contribution in [3.63, 3.8) is 0 Å². The van der Waals surface area contributed by atoms with Crippen molar-refractivity contribution in [2.24, 2.45) is 0 Å². The van der Waals surface area contributed by atoms with Gasteiger partial charge in [-0.25, -0.2) is 4.98 Å². The maximum Gasteiger partial charge on any atom is 0.274 e. The summed E-state index contributed by atoms with van der Waals surface area (Å²) < 4.78 is 1.86. The zero-order chi connectivity index (χ0) is 13.9. The smallest absolute Gasteiger partial charge is 0.274 e. The van der Waals surface area contributed by atoms with Gasteiger partial charge in [0.2, 0.25) is 0 Å². The van der Waals surface area contributed by atoms with E-state index in [4.69, 9.17) is 5.11 Å².